The van der Waals surface area contributed by atoms with Gasteiger partial charge < -0.3 is 15.0 Å². The van der Waals surface area contributed by atoms with Gasteiger partial charge in [-0.2, -0.15) is 0 Å². The lowest BCUT2D eigenvalue weighted by Gasteiger charge is -2.19. The van der Waals surface area contributed by atoms with Crippen LogP contribution in [0.4, 0.5) is 0 Å². The van der Waals surface area contributed by atoms with Crippen LogP contribution in [0.15, 0.2) is 18.2 Å². The largest absolute Gasteiger partial charge is 0.496 e. The first-order chi connectivity index (χ1) is 8.62. The smallest absolute Gasteiger partial charge is 0.123 e. The maximum Gasteiger partial charge on any atom is 0.123 e. The van der Waals surface area contributed by atoms with Crippen molar-refractivity contribution < 1.29 is 4.74 Å². The average molecular weight is 250 g/mol. The Bertz CT molecular complexity index is 366. The van der Waals surface area contributed by atoms with Crippen LogP contribution in [0, 0.1) is 0 Å². The first-order valence-electron chi connectivity index (χ1n) is 6.65. The minimum absolute atomic E-state index is 0.367. The fourth-order valence-electron chi connectivity index (χ4n) is 2.11. The number of nitrogens with zero attached hydrogens (tertiary/aromatic N) is 1. The third-order valence-corrected chi connectivity index (χ3v) is 3.28. The second-order valence-corrected chi connectivity index (χ2v) is 4.82. The highest BCUT2D eigenvalue weighted by Crippen LogP contribution is 2.24. The van der Waals surface area contributed by atoms with Gasteiger partial charge in [0.1, 0.15) is 5.75 Å². The summed E-state index contributed by atoms with van der Waals surface area (Å²) in [4.78, 5) is 2.33. The van der Waals surface area contributed by atoms with Crippen LogP contribution in [0.1, 0.15) is 37.4 Å². The van der Waals surface area contributed by atoms with Gasteiger partial charge in [0.15, 0.2) is 0 Å². The molecule has 0 heterocycles. The summed E-state index contributed by atoms with van der Waals surface area (Å²) in [6.07, 6.45) is 1.17. The molecule has 1 atom stereocenters. The molecule has 0 aliphatic rings. The van der Waals surface area contributed by atoms with E-state index in [0.29, 0.717) is 6.04 Å². The number of rotatable bonds is 7. The first kappa shape index (κ1) is 15.0. The van der Waals surface area contributed by atoms with Crippen LogP contribution in [0.25, 0.3) is 0 Å². The second kappa shape index (κ2) is 7.39. The first-order valence-corrected chi connectivity index (χ1v) is 6.65. The summed E-state index contributed by atoms with van der Waals surface area (Å²) in [5.74, 6) is 0.977. The molecule has 18 heavy (non-hydrogen) atoms. The maximum absolute atomic E-state index is 5.45. The van der Waals surface area contributed by atoms with Gasteiger partial charge >= 0.3 is 0 Å². The Labute approximate surface area is 111 Å². The van der Waals surface area contributed by atoms with Crippen molar-refractivity contribution in [1.82, 2.24) is 10.2 Å². The zero-order valence-corrected chi connectivity index (χ0v) is 12.3. The Hall–Kier alpha value is -1.06. The van der Waals surface area contributed by atoms with Crippen LogP contribution >= 0.6 is 0 Å². The van der Waals surface area contributed by atoms with Crippen molar-refractivity contribution in [3.05, 3.63) is 29.3 Å². The summed E-state index contributed by atoms with van der Waals surface area (Å²) in [5.41, 5.74) is 2.56. The second-order valence-electron chi connectivity index (χ2n) is 4.82. The van der Waals surface area contributed by atoms with E-state index in [1.165, 1.54) is 17.5 Å². The summed E-state index contributed by atoms with van der Waals surface area (Å²) >= 11 is 0. The third kappa shape index (κ3) is 4.00. The van der Waals surface area contributed by atoms with E-state index >= 15 is 0 Å². The molecule has 0 spiro atoms. The van der Waals surface area contributed by atoms with E-state index in [-0.39, 0.29) is 0 Å². The van der Waals surface area contributed by atoms with Crippen molar-refractivity contribution in [2.45, 2.75) is 32.9 Å². The highest BCUT2D eigenvalue weighted by Gasteiger charge is 2.10. The van der Waals surface area contributed by atoms with Gasteiger partial charge in [-0.05, 0) is 51.7 Å². The van der Waals surface area contributed by atoms with Crippen LogP contribution in [0.2, 0.25) is 0 Å². The van der Waals surface area contributed by atoms with Crippen molar-refractivity contribution in [2.75, 3.05) is 27.7 Å². The van der Waals surface area contributed by atoms with Gasteiger partial charge in [0.25, 0.3) is 0 Å². The molecular weight excluding hydrogens is 224 g/mol. The van der Waals surface area contributed by atoms with E-state index in [1.807, 2.05) is 7.05 Å². The molecule has 3 heteroatoms. The van der Waals surface area contributed by atoms with E-state index in [4.69, 9.17) is 4.74 Å². The molecule has 0 fully saturated rings. The van der Waals surface area contributed by atoms with Gasteiger partial charge in [-0.1, -0.05) is 13.0 Å². The zero-order valence-electron chi connectivity index (χ0n) is 12.3. The minimum Gasteiger partial charge on any atom is -0.496 e. The van der Waals surface area contributed by atoms with Gasteiger partial charge in [-0.25, -0.2) is 0 Å². The molecule has 0 aliphatic heterocycles. The van der Waals surface area contributed by atoms with Crippen molar-refractivity contribution in [3.63, 3.8) is 0 Å². The van der Waals surface area contributed by atoms with Crippen molar-refractivity contribution in [2.24, 2.45) is 0 Å². The molecule has 0 bridgehead atoms. The van der Waals surface area contributed by atoms with Gasteiger partial charge in [-0.15, -0.1) is 0 Å². The lowest BCUT2D eigenvalue weighted by Crippen LogP contribution is -2.19. The number of hydrogen-bond donors (Lipinski definition) is 1. The van der Waals surface area contributed by atoms with Crippen molar-refractivity contribution in [3.8, 4) is 5.75 Å². The molecule has 1 aromatic rings. The van der Waals surface area contributed by atoms with Crippen LogP contribution in [-0.4, -0.2) is 32.6 Å². The molecule has 0 saturated carbocycles. The number of methoxy groups -OCH3 is 1. The summed E-state index contributed by atoms with van der Waals surface area (Å²) in [6.45, 7) is 6.41. The lowest BCUT2D eigenvalue weighted by atomic mass is 10.0. The van der Waals surface area contributed by atoms with Crippen LogP contribution in [0.5, 0.6) is 5.75 Å². The third-order valence-electron chi connectivity index (χ3n) is 3.28. The molecule has 1 unspecified atom stereocenters. The maximum atomic E-state index is 5.45. The van der Waals surface area contributed by atoms with E-state index in [9.17, 15) is 0 Å². The Morgan fingerprint density at radius 2 is 2.11 bits per heavy atom. The summed E-state index contributed by atoms with van der Waals surface area (Å²) in [5, 5.41) is 3.27. The number of nitrogens with one attached hydrogen (secondary N) is 1. The zero-order chi connectivity index (χ0) is 13.5. The molecule has 1 N–H and O–H groups in total. The fraction of sp³-hybridized carbons (Fsp3) is 0.600. The lowest BCUT2D eigenvalue weighted by molar-refractivity contribution is 0.317. The fourth-order valence-corrected chi connectivity index (χ4v) is 2.11. The molecule has 0 radical (unpaired) electrons. The van der Waals surface area contributed by atoms with E-state index < -0.39 is 0 Å². The molecule has 1 rings (SSSR count). The summed E-state index contributed by atoms with van der Waals surface area (Å²) in [6, 6.07) is 6.81. The Kier molecular flexibility index (Phi) is 6.16. The van der Waals surface area contributed by atoms with Crippen LogP contribution in [0.3, 0.4) is 0 Å². The molecule has 0 amide bonds. The quantitative estimate of drug-likeness (QED) is 0.805. The standard InChI is InChI=1S/C15H26N2O/c1-6-9-17(4)11-14-10-13(12(2)16-3)7-8-15(14)18-5/h7-8,10,12,16H,6,9,11H2,1-5H3. The Morgan fingerprint density at radius 3 is 2.67 bits per heavy atom. The predicted molar refractivity (Wildman–Crippen MR) is 77.1 cm³/mol. The highest BCUT2D eigenvalue weighted by atomic mass is 16.5. The minimum atomic E-state index is 0.367. The van der Waals surface area contributed by atoms with Crippen LogP contribution < -0.4 is 10.1 Å². The molecule has 0 aromatic heterocycles. The number of hydrogen-bond acceptors (Lipinski definition) is 3. The van der Waals surface area contributed by atoms with E-state index in [2.05, 4.69) is 49.3 Å². The van der Waals surface area contributed by atoms with Gasteiger partial charge in [0.2, 0.25) is 0 Å². The predicted octanol–water partition coefficient (Wildman–Crippen LogP) is 2.82. The normalized spacial score (nSPS) is 12.8. The molecule has 0 saturated heterocycles. The summed E-state index contributed by atoms with van der Waals surface area (Å²) in [7, 11) is 5.87. The molecule has 1 aromatic carbocycles. The highest BCUT2D eigenvalue weighted by molar-refractivity contribution is 5.38. The van der Waals surface area contributed by atoms with E-state index in [1.54, 1.807) is 7.11 Å². The van der Waals surface area contributed by atoms with Crippen molar-refractivity contribution in [1.29, 1.82) is 0 Å². The molecule has 3 nitrogen and oxygen atoms in total. The van der Waals surface area contributed by atoms with Crippen molar-refractivity contribution >= 4 is 0 Å². The number of ether oxygens (including phenoxy) is 1. The monoisotopic (exact) mass is 250 g/mol. The SMILES string of the molecule is CCCN(C)Cc1cc(C(C)NC)ccc1OC. The number of benzene rings is 1. The Balaban J connectivity index is 2.91. The van der Waals surface area contributed by atoms with Gasteiger partial charge in [0.05, 0.1) is 7.11 Å². The Morgan fingerprint density at radius 1 is 1.39 bits per heavy atom. The van der Waals surface area contributed by atoms with Gasteiger partial charge in [0, 0.05) is 18.2 Å². The molecular formula is C15H26N2O. The molecule has 0 aliphatic carbocycles. The van der Waals surface area contributed by atoms with E-state index in [0.717, 1.165) is 18.8 Å². The molecule has 102 valence electrons. The topological polar surface area (TPSA) is 24.5 Å². The summed E-state index contributed by atoms with van der Waals surface area (Å²) < 4.78 is 5.45. The van der Waals surface area contributed by atoms with Gasteiger partial charge in [-0.3, -0.25) is 0 Å². The van der Waals surface area contributed by atoms with Crippen LogP contribution in [-0.2, 0) is 6.54 Å². The average Bonchev–Trinajstić information content (AvgIpc) is 2.38.